The van der Waals surface area contributed by atoms with E-state index in [1.165, 1.54) is 4.31 Å². The van der Waals surface area contributed by atoms with Crippen LogP contribution in [0.15, 0.2) is 22.7 Å². The first-order chi connectivity index (χ1) is 9.42. The number of nitrogens with zero attached hydrogens (tertiary/aromatic N) is 1. The van der Waals surface area contributed by atoms with Crippen molar-refractivity contribution in [2.24, 2.45) is 11.7 Å². The first-order valence-electron chi connectivity index (χ1n) is 6.35. The fraction of sp³-hybridized carbons (Fsp3) is 0.500. The van der Waals surface area contributed by atoms with Crippen LogP contribution in [0.1, 0.15) is 12.8 Å². The lowest BCUT2D eigenvalue weighted by Gasteiger charge is -2.31. The van der Waals surface area contributed by atoms with Gasteiger partial charge in [-0.2, -0.15) is 12.7 Å². The summed E-state index contributed by atoms with van der Waals surface area (Å²) >= 11 is 9.32. The van der Waals surface area contributed by atoms with Crippen LogP contribution in [0, 0.1) is 5.92 Å². The van der Waals surface area contributed by atoms with Crippen LogP contribution in [0.3, 0.4) is 0 Å². The van der Waals surface area contributed by atoms with Gasteiger partial charge in [-0.1, -0.05) is 27.5 Å². The van der Waals surface area contributed by atoms with Crippen LogP contribution in [0.4, 0.5) is 5.69 Å². The van der Waals surface area contributed by atoms with Crippen LogP contribution < -0.4 is 10.5 Å². The second-order valence-electron chi connectivity index (χ2n) is 4.83. The Hall–Kier alpha value is -0.340. The van der Waals surface area contributed by atoms with E-state index in [0.717, 1.165) is 17.3 Å². The molecule has 0 bridgehead atoms. The SMILES string of the molecule is NCC1CCCN(S(=O)(=O)Nc2ccc(Br)cc2Cl)C1. The summed E-state index contributed by atoms with van der Waals surface area (Å²) in [5, 5.41) is 0.357. The van der Waals surface area contributed by atoms with Gasteiger partial charge in [-0.05, 0) is 43.5 Å². The minimum Gasteiger partial charge on any atom is -0.330 e. The van der Waals surface area contributed by atoms with Gasteiger partial charge in [0.2, 0.25) is 0 Å². The molecule has 1 aliphatic heterocycles. The summed E-state index contributed by atoms with van der Waals surface area (Å²) < 4.78 is 29.5. The Morgan fingerprint density at radius 3 is 2.90 bits per heavy atom. The molecule has 20 heavy (non-hydrogen) atoms. The van der Waals surface area contributed by atoms with Crippen LogP contribution >= 0.6 is 27.5 Å². The fourth-order valence-corrected chi connectivity index (χ4v) is 4.35. The van der Waals surface area contributed by atoms with Gasteiger partial charge in [0.25, 0.3) is 0 Å². The first-order valence-corrected chi connectivity index (χ1v) is 8.96. The Labute approximate surface area is 132 Å². The zero-order valence-corrected chi connectivity index (χ0v) is 14.0. The number of hydrogen-bond donors (Lipinski definition) is 2. The Kier molecular flexibility index (Phi) is 5.30. The van der Waals surface area contributed by atoms with E-state index in [-0.39, 0.29) is 5.92 Å². The molecule has 8 heteroatoms. The zero-order valence-electron chi connectivity index (χ0n) is 10.9. The normalized spacial score (nSPS) is 20.9. The highest BCUT2D eigenvalue weighted by atomic mass is 79.9. The molecule has 1 unspecified atom stereocenters. The molecule has 0 spiro atoms. The van der Waals surface area contributed by atoms with Crippen molar-refractivity contribution in [3.8, 4) is 0 Å². The second kappa shape index (κ2) is 6.62. The maximum absolute atomic E-state index is 12.4. The molecule has 0 amide bonds. The van der Waals surface area contributed by atoms with E-state index in [1.54, 1.807) is 18.2 Å². The molecule has 2 rings (SSSR count). The van der Waals surface area contributed by atoms with E-state index < -0.39 is 10.2 Å². The van der Waals surface area contributed by atoms with Crippen LogP contribution in [0.5, 0.6) is 0 Å². The Bertz CT molecular complexity index is 582. The maximum atomic E-state index is 12.4. The van der Waals surface area contributed by atoms with Crippen LogP contribution in [0.2, 0.25) is 5.02 Å². The Morgan fingerprint density at radius 2 is 2.25 bits per heavy atom. The quantitative estimate of drug-likeness (QED) is 0.840. The number of anilines is 1. The van der Waals surface area contributed by atoms with E-state index in [0.29, 0.717) is 30.3 Å². The maximum Gasteiger partial charge on any atom is 0.301 e. The molecule has 0 radical (unpaired) electrons. The van der Waals surface area contributed by atoms with E-state index in [1.807, 2.05) is 0 Å². The number of benzene rings is 1. The predicted octanol–water partition coefficient (Wildman–Crippen LogP) is 2.43. The van der Waals surface area contributed by atoms with Gasteiger partial charge in [-0.25, -0.2) is 0 Å². The molecule has 112 valence electrons. The molecular weight excluding hydrogens is 366 g/mol. The molecular formula is C12H17BrClN3O2S. The second-order valence-corrected chi connectivity index (χ2v) is 7.83. The molecule has 3 N–H and O–H groups in total. The summed E-state index contributed by atoms with van der Waals surface area (Å²) in [5.41, 5.74) is 6.01. The van der Waals surface area contributed by atoms with E-state index in [2.05, 4.69) is 20.7 Å². The molecule has 1 saturated heterocycles. The Morgan fingerprint density at radius 1 is 1.50 bits per heavy atom. The number of nitrogens with one attached hydrogen (secondary N) is 1. The highest BCUT2D eigenvalue weighted by Gasteiger charge is 2.28. The summed E-state index contributed by atoms with van der Waals surface area (Å²) in [7, 11) is -3.59. The van der Waals surface area contributed by atoms with E-state index in [9.17, 15) is 8.42 Å². The van der Waals surface area contributed by atoms with Gasteiger partial charge in [-0.3, -0.25) is 4.72 Å². The van der Waals surface area contributed by atoms with Crippen molar-refractivity contribution in [1.29, 1.82) is 0 Å². The van der Waals surface area contributed by atoms with Crippen molar-refractivity contribution < 1.29 is 8.42 Å². The van der Waals surface area contributed by atoms with Gasteiger partial charge >= 0.3 is 10.2 Å². The number of nitrogens with two attached hydrogens (primary N) is 1. The lowest BCUT2D eigenvalue weighted by molar-refractivity contribution is 0.273. The predicted molar refractivity (Wildman–Crippen MR) is 85.0 cm³/mol. The molecule has 1 fully saturated rings. The fourth-order valence-electron chi connectivity index (χ4n) is 2.21. The first kappa shape index (κ1) is 16.0. The third-order valence-corrected chi connectivity index (χ3v) is 5.62. The molecule has 5 nitrogen and oxygen atoms in total. The minimum atomic E-state index is -3.59. The number of rotatable bonds is 4. The van der Waals surface area contributed by atoms with Crippen molar-refractivity contribution in [3.63, 3.8) is 0 Å². The van der Waals surface area contributed by atoms with Gasteiger partial charge in [0, 0.05) is 17.6 Å². The highest BCUT2D eigenvalue weighted by molar-refractivity contribution is 9.10. The summed E-state index contributed by atoms with van der Waals surface area (Å²) in [4.78, 5) is 0. The lowest BCUT2D eigenvalue weighted by Crippen LogP contribution is -2.44. The smallest absolute Gasteiger partial charge is 0.301 e. The van der Waals surface area contributed by atoms with Crippen molar-refractivity contribution in [2.45, 2.75) is 12.8 Å². The topological polar surface area (TPSA) is 75.4 Å². The molecule has 1 aromatic rings. The molecule has 0 aliphatic carbocycles. The largest absolute Gasteiger partial charge is 0.330 e. The average molecular weight is 383 g/mol. The molecule has 0 aromatic heterocycles. The van der Waals surface area contributed by atoms with Gasteiger partial charge in [0.1, 0.15) is 0 Å². The minimum absolute atomic E-state index is 0.223. The standard InChI is InChI=1S/C12H17BrClN3O2S/c13-10-3-4-12(11(14)6-10)16-20(18,19)17-5-1-2-9(7-15)8-17/h3-4,6,9,16H,1-2,5,7-8,15H2. The number of hydrogen-bond acceptors (Lipinski definition) is 3. The molecule has 1 heterocycles. The van der Waals surface area contributed by atoms with E-state index in [4.69, 9.17) is 17.3 Å². The van der Waals surface area contributed by atoms with Crippen LogP contribution in [-0.2, 0) is 10.2 Å². The monoisotopic (exact) mass is 381 g/mol. The number of piperidine rings is 1. The van der Waals surface area contributed by atoms with Gasteiger partial charge < -0.3 is 5.73 Å². The van der Waals surface area contributed by atoms with Crippen LogP contribution in [-0.4, -0.2) is 32.4 Å². The third kappa shape index (κ3) is 3.85. The molecule has 1 aliphatic rings. The lowest BCUT2D eigenvalue weighted by atomic mass is 10.0. The highest BCUT2D eigenvalue weighted by Crippen LogP contribution is 2.28. The summed E-state index contributed by atoms with van der Waals surface area (Å²) in [5.74, 6) is 0.223. The van der Waals surface area contributed by atoms with Gasteiger partial charge in [0.15, 0.2) is 0 Å². The molecule has 1 atom stereocenters. The van der Waals surface area contributed by atoms with Crippen LogP contribution in [0.25, 0.3) is 0 Å². The third-order valence-electron chi connectivity index (χ3n) is 3.33. The molecule has 1 aromatic carbocycles. The van der Waals surface area contributed by atoms with Crippen molar-refractivity contribution >= 4 is 43.4 Å². The van der Waals surface area contributed by atoms with Crippen molar-refractivity contribution in [3.05, 3.63) is 27.7 Å². The summed E-state index contributed by atoms with van der Waals surface area (Å²) in [6, 6.07) is 5.02. The van der Waals surface area contributed by atoms with E-state index >= 15 is 0 Å². The zero-order chi connectivity index (χ0) is 14.8. The van der Waals surface area contributed by atoms with Crippen molar-refractivity contribution in [2.75, 3.05) is 24.4 Å². The van der Waals surface area contributed by atoms with Gasteiger partial charge in [0.05, 0.1) is 10.7 Å². The summed E-state index contributed by atoms with van der Waals surface area (Å²) in [6.07, 6.45) is 1.80. The number of halogens is 2. The van der Waals surface area contributed by atoms with Gasteiger partial charge in [-0.15, -0.1) is 0 Å². The summed E-state index contributed by atoms with van der Waals surface area (Å²) in [6.45, 7) is 1.48. The molecule has 0 saturated carbocycles. The van der Waals surface area contributed by atoms with Crippen molar-refractivity contribution in [1.82, 2.24) is 4.31 Å². The Balaban J connectivity index is 2.14. The average Bonchev–Trinajstić information content (AvgIpc) is 2.42.